The van der Waals surface area contributed by atoms with E-state index >= 15 is 0 Å². The monoisotopic (exact) mass is 260 g/mol. The molecule has 0 aromatic heterocycles. The lowest BCUT2D eigenvalue weighted by molar-refractivity contribution is 0.211. The molecule has 2 saturated heterocycles. The van der Waals surface area contributed by atoms with Crippen molar-refractivity contribution >= 4 is 0 Å². The van der Waals surface area contributed by atoms with Crippen LogP contribution in [0.25, 0.3) is 0 Å². The second kappa shape index (κ2) is 5.51. The molecule has 2 heterocycles. The van der Waals surface area contributed by atoms with Crippen molar-refractivity contribution in [2.24, 2.45) is 5.92 Å². The average Bonchev–Trinajstić information content (AvgIpc) is 2.84. The maximum atomic E-state index is 5.47. The summed E-state index contributed by atoms with van der Waals surface area (Å²) in [4.78, 5) is 2.59. The number of rotatable bonds is 4. The first-order valence-electron chi connectivity index (χ1n) is 7.39. The van der Waals surface area contributed by atoms with E-state index in [2.05, 4.69) is 29.3 Å². The van der Waals surface area contributed by atoms with Crippen LogP contribution in [0.3, 0.4) is 0 Å². The Morgan fingerprint density at radius 3 is 2.89 bits per heavy atom. The molecule has 3 heteroatoms. The molecule has 0 aliphatic carbocycles. The SMILES string of the molecule is COc1ccccc1[C@@H](C)NC1CCN2CCC1C2. The maximum Gasteiger partial charge on any atom is 0.123 e. The van der Waals surface area contributed by atoms with Crippen molar-refractivity contribution in [3.05, 3.63) is 29.8 Å². The van der Waals surface area contributed by atoms with Crippen molar-refractivity contribution < 1.29 is 4.74 Å². The van der Waals surface area contributed by atoms with Crippen LogP contribution in [0.15, 0.2) is 24.3 Å². The molecule has 2 aliphatic heterocycles. The number of nitrogens with one attached hydrogen (secondary N) is 1. The van der Waals surface area contributed by atoms with Crippen molar-refractivity contribution in [1.82, 2.24) is 10.2 Å². The number of methoxy groups -OCH3 is 1. The summed E-state index contributed by atoms with van der Waals surface area (Å²) in [5, 5.41) is 3.83. The van der Waals surface area contributed by atoms with Crippen LogP contribution in [-0.4, -0.2) is 37.7 Å². The van der Waals surface area contributed by atoms with E-state index in [0.717, 1.165) is 11.7 Å². The van der Waals surface area contributed by atoms with Crippen LogP contribution >= 0.6 is 0 Å². The fraction of sp³-hybridized carbons (Fsp3) is 0.625. The molecule has 104 valence electrons. The molecule has 3 nitrogen and oxygen atoms in total. The molecule has 0 spiro atoms. The molecule has 1 aromatic carbocycles. The lowest BCUT2D eigenvalue weighted by Crippen LogP contribution is -2.44. The third-order valence-electron chi connectivity index (χ3n) is 4.70. The molecule has 4 atom stereocenters. The largest absolute Gasteiger partial charge is 0.496 e. The van der Waals surface area contributed by atoms with E-state index in [-0.39, 0.29) is 0 Å². The first-order chi connectivity index (χ1) is 9.28. The van der Waals surface area contributed by atoms with Gasteiger partial charge in [0.1, 0.15) is 5.75 Å². The van der Waals surface area contributed by atoms with E-state index in [1.165, 1.54) is 38.0 Å². The van der Waals surface area contributed by atoms with Gasteiger partial charge in [0.15, 0.2) is 0 Å². The van der Waals surface area contributed by atoms with Crippen LogP contribution < -0.4 is 10.1 Å². The zero-order chi connectivity index (χ0) is 13.2. The molecule has 1 aromatic rings. The third-order valence-corrected chi connectivity index (χ3v) is 4.70. The van der Waals surface area contributed by atoms with E-state index in [4.69, 9.17) is 4.74 Å². The summed E-state index contributed by atoms with van der Waals surface area (Å²) in [6.45, 7) is 6.09. The molecule has 2 bridgehead atoms. The quantitative estimate of drug-likeness (QED) is 0.900. The van der Waals surface area contributed by atoms with Crippen molar-refractivity contribution in [3.8, 4) is 5.75 Å². The summed E-state index contributed by atoms with van der Waals surface area (Å²) in [6.07, 6.45) is 2.64. The van der Waals surface area contributed by atoms with Crippen molar-refractivity contribution in [3.63, 3.8) is 0 Å². The zero-order valence-electron chi connectivity index (χ0n) is 11.9. The molecular weight excluding hydrogens is 236 g/mol. The van der Waals surface area contributed by atoms with Gasteiger partial charge in [0.2, 0.25) is 0 Å². The summed E-state index contributed by atoms with van der Waals surface area (Å²) < 4.78 is 5.47. The minimum absolute atomic E-state index is 0.355. The summed E-state index contributed by atoms with van der Waals surface area (Å²) in [5.74, 6) is 1.83. The molecule has 3 unspecified atom stereocenters. The Hall–Kier alpha value is -1.06. The molecule has 2 aliphatic rings. The topological polar surface area (TPSA) is 24.5 Å². The summed E-state index contributed by atoms with van der Waals surface area (Å²) in [7, 11) is 1.75. The predicted octanol–water partition coefficient (Wildman–Crippen LogP) is 2.44. The van der Waals surface area contributed by atoms with Crippen LogP contribution in [0.4, 0.5) is 0 Å². The fourth-order valence-corrected chi connectivity index (χ4v) is 3.61. The van der Waals surface area contributed by atoms with Gasteiger partial charge in [-0.05, 0) is 44.8 Å². The second-order valence-electron chi connectivity index (χ2n) is 5.87. The van der Waals surface area contributed by atoms with E-state index in [9.17, 15) is 0 Å². The molecule has 1 N–H and O–H groups in total. The maximum absolute atomic E-state index is 5.47. The lowest BCUT2D eigenvalue weighted by atomic mass is 9.92. The van der Waals surface area contributed by atoms with Gasteiger partial charge in [0, 0.05) is 24.2 Å². The second-order valence-corrected chi connectivity index (χ2v) is 5.87. The number of hydrogen-bond acceptors (Lipinski definition) is 3. The van der Waals surface area contributed by atoms with Gasteiger partial charge in [0.25, 0.3) is 0 Å². The molecule has 0 saturated carbocycles. The van der Waals surface area contributed by atoms with Gasteiger partial charge in [-0.25, -0.2) is 0 Å². The van der Waals surface area contributed by atoms with Gasteiger partial charge in [-0.3, -0.25) is 0 Å². The van der Waals surface area contributed by atoms with Crippen LogP contribution in [-0.2, 0) is 0 Å². The highest BCUT2D eigenvalue weighted by molar-refractivity contribution is 5.35. The minimum Gasteiger partial charge on any atom is -0.496 e. The van der Waals surface area contributed by atoms with Crippen molar-refractivity contribution in [2.75, 3.05) is 26.7 Å². The van der Waals surface area contributed by atoms with E-state index in [0.29, 0.717) is 12.1 Å². The van der Waals surface area contributed by atoms with Crippen molar-refractivity contribution in [1.29, 1.82) is 0 Å². The standard InChI is InChI=1S/C16H24N2O/c1-12(14-5-3-4-6-16(14)19-2)17-15-8-10-18-9-7-13(15)11-18/h3-6,12-13,15,17H,7-11H2,1-2H3/t12-,13?,15?/m1/s1. The molecular formula is C16H24N2O. The normalized spacial score (nSPS) is 31.2. The highest BCUT2D eigenvalue weighted by Gasteiger charge is 2.34. The van der Waals surface area contributed by atoms with E-state index in [1.54, 1.807) is 7.11 Å². The van der Waals surface area contributed by atoms with Gasteiger partial charge < -0.3 is 15.0 Å². The fourth-order valence-electron chi connectivity index (χ4n) is 3.61. The Labute approximate surface area is 115 Å². The Kier molecular flexibility index (Phi) is 3.76. The number of hydrogen-bond donors (Lipinski definition) is 1. The van der Waals surface area contributed by atoms with E-state index in [1.807, 2.05) is 12.1 Å². The summed E-state index contributed by atoms with van der Waals surface area (Å²) in [6, 6.07) is 9.36. The number of ether oxygens (including phenoxy) is 1. The van der Waals surface area contributed by atoms with Crippen LogP contribution in [0.5, 0.6) is 5.75 Å². The van der Waals surface area contributed by atoms with Gasteiger partial charge in [-0.15, -0.1) is 0 Å². The van der Waals surface area contributed by atoms with E-state index < -0.39 is 0 Å². The van der Waals surface area contributed by atoms with Crippen molar-refractivity contribution in [2.45, 2.75) is 31.8 Å². The lowest BCUT2D eigenvalue weighted by Gasteiger charge is -2.33. The van der Waals surface area contributed by atoms with Crippen LogP contribution in [0.2, 0.25) is 0 Å². The number of nitrogens with zero attached hydrogens (tertiary/aromatic N) is 1. The van der Waals surface area contributed by atoms with Crippen LogP contribution in [0, 0.1) is 5.92 Å². The van der Waals surface area contributed by atoms with Crippen LogP contribution in [0.1, 0.15) is 31.4 Å². The highest BCUT2D eigenvalue weighted by atomic mass is 16.5. The number of fused-ring (bicyclic) bond motifs is 2. The molecule has 3 rings (SSSR count). The van der Waals surface area contributed by atoms with Gasteiger partial charge in [0.05, 0.1) is 7.11 Å². The summed E-state index contributed by atoms with van der Waals surface area (Å²) in [5.41, 5.74) is 1.27. The first-order valence-corrected chi connectivity index (χ1v) is 7.39. The van der Waals surface area contributed by atoms with Gasteiger partial charge in [-0.2, -0.15) is 0 Å². The predicted molar refractivity (Wildman–Crippen MR) is 77.5 cm³/mol. The smallest absolute Gasteiger partial charge is 0.123 e. The molecule has 0 amide bonds. The molecule has 0 radical (unpaired) electrons. The summed E-state index contributed by atoms with van der Waals surface area (Å²) >= 11 is 0. The molecule has 19 heavy (non-hydrogen) atoms. The highest BCUT2D eigenvalue weighted by Crippen LogP contribution is 2.30. The van der Waals surface area contributed by atoms with Gasteiger partial charge in [-0.1, -0.05) is 18.2 Å². The molecule has 2 fully saturated rings. The Balaban J connectivity index is 1.69. The minimum atomic E-state index is 0.355. The Morgan fingerprint density at radius 2 is 2.05 bits per heavy atom. The average molecular weight is 260 g/mol. The first kappa shape index (κ1) is 12.9. The van der Waals surface area contributed by atoms with Gasteiger partial charge >= 0.3 is 0 Å². The Morgan fingerprint density at radius 1 is 1.26 bits per heavy atom. The third kappa shape index (κ3) is 2.63. The number of benzene rings is 1. The number of para-hydroxylation sites is 1. The Bertz CT molecular complexity index is 435. The number of piperidine rings is 1. The zero-order valence-corrected chi connectivity index (χ0v) is 11.9.